The lowest BCUT2D eigenvalue weighted by Gasteiger charge is -1.95. The zero-order valence-electron chi connectivity index (χ0n) is 7.38. The van der Waals surface area contributed by atoms with Gasteiger partial charge in [0.25, 0.3) is 0 Å². The highest BCUT2D eigenvalue weighted by atomic mass is 35.5. The topological polar surface area (TPSA) is 44.9 Å². The Morgan fingerprint density at radius 3 is 3.00 bits per heavy atom. The molecule has 14 heavy (non-hydrogen) atoms. The van der Waals surface area contributed by atoms with Gasteiger partial charge in [-0.15, -0.1) is 0 Å². The van der Waals surface area contributed by atoms with Gasteiger partial charge in [0.1, 0.15) is 0 Å². The maximum Gasteiger partial charge on any atom is 0.180 e. The Balaban J connectivity index is 2.47. The van der Waals surface area contributed by atoms with Crippen LogP contribution in [-0.2, 0) is 0 Å². The third kappa shape index (κ3) is 1.52. The van der Waals surface area contributed by atoms with E-state index >= 15 is 0 Å². The van der Waals surface area contributed by atoms with Crippen LogP contribution in [-0.4, -0.2) is 17.3 Å². The Kier molecular flexibility index (Phi) is 2.52. The van der Waals surface area contributed by atoms with Crippen molar-refractivity contribution in [1.29, 1.82) is 0 Å². The zero-order valence-corrected chi connectivity index (χ0v) is 8.14. The normalized spacial score (nSPS) is 10.6. The SMILES string of the molecule is O=C(CNCl)c1c[nH]c2ccccc12. The molecule has 1 aromatic carbocycles. The average Bonchev–Trinajstić information content (AvgIpc) is 2.61. The van der Waals surface area contributed by atoms with Crippen molar-refractivity contribution in [2.75, 3.05) is 6.54 Å². The van der Waals surface area contributed by atoms with Crippen LogP contribution in [0, 0.1) is 0 Å². The fraction of sp³-hybridized carbons (Fsp3) is 0.100. The number of hydrogen-bond donors (Lipinski definition) is 2. The van der Waals surface area contributed by atoms with Crippen LogP contribution in [0.4, 0.5) is 0 Å². The molecule has 0 saturated heterocycles. The third-order valence-electron chi connectivity index (χ3n) is 2.12. The number of carbonyl (C=O) groups is 1. The fourth-order valence-corrected chi connectivity index (χ4v) is 1.58. The van der Waals surface area contributed by atoms with E-state index in [1.54, 1.807) is 6.20 Å². The molecule has 0 spiro atoms. The highest BCUT2D eigenvalue weighted by Gasteiger charge is 2.10. The predicted molar refractivity (Wildman–Crippen MR) is 56.5 cm³/mol. The van der Waals surface area contributed by atoms with Gasteiger partial charge in [-0.3, -0.25) is 4.79 Å². The molecule has 0 saturated carbocycles. The summed E-state index contributed by atoms with van der Waals surface area (Å²) in [5.41, 5.74) is 1.64. The lowest BCUT2D eigenvalue weighted by Crippen LogP contribution is -2.13. The number of carbonyl (C=O) groups excluding carboxylic acids is 1. The second-order valence-electron chi connectivity index (χ2n) is 2.98. The summed E-state index contributed by atoms with van der Waals surface area (Å²) in [6, 6.07) is 7.67. The van der Waals surface area contributed by atoms with Gasteiger partial charge in [0.2, 0.25) is 0 Å². The number of benzene rings is 1. The van der Waals surface area contributed by atoms with Gasteiger partial charge in [-0.05, 0) is 17.8 Å². The summed E-state index contributed by atoms with van der Waals surface area (Å²) in [6.45, 7) is 0.142. The summed E-state index contributed by atoms with van der Waals surface area (Å²) in [7, 11) is 0. The van der Waals surface area contributed by atoms with Crippen LogP contribution in [0.5, 0.6) is 0 Å². The van der Waals surface area contributed by atoms with Crippen LogP contribution in [0.3, 0.4) is 0 Å². The number of nitrogens with one attached hydrogen (secondary N) is 2. The second kappa shape index (κ2) is 3.82. The van der Waals surface area contributed by atoms with Crippen LogP contribution >= 0.6 is 11.8 Å². The molecular weight excluding hydrogens is 200 g/mol. The molecule has 3 nitrogen and oxygen atoms in total. The van der Waals surface area contributed by atoms with Gasteiger partial charge >= 0.3 is 0 Å². The molecule has 72 valence electrons. The summed E-state index contributed by atoms with van der Waals surface area (Å²) in [5.74, 6) is -0.0162. The van der Waals surface area contributed by atoms with Gasteiger partial charge in [0.15, 0.2) is 5.78 Å². The number of Topliss-reactive ketones (excluding diaryl/α,β-unsaturated/α-hetero) is 1. The van der Waals surface area contributed by atoms with Gasteiger partial charge in [-0.1, -0.05) is 18.2 Å². The molecule has 4 heteroatoms. The number of aromatic nitrogens is 1. The van der Waals surface area contributed by atoms with Gasteiger partial charge in [0.05, 0.1) is 6.54 Å². The minimum absolute atomic E-state index is 0.0162. The zero-order chi connectivity index (χ0) is 9.97. The first kappa shape index (κ1) is 9.24. The van der Waals surface area contributed by atoms with E-state index in [-0.39, 0.29) is 12.3 Å². The number of fused-ring (bicyclic) bond motifs is 1. The van der Waals surface area contributed by atoms with E-state index < -0.39 is 0 Å². The standard InChI is InChI=1S/C10H9ClN2O/c11-13-6-10(14)8-5-12-9-4-2-1-3-7(8)9/h1-5,12-13H,6H2. The summed E-state index contributed by atoms with van der Waals surface area (Å²) in [6.07, 6.45) is 1.71. The lowest BCUT2D eigenvalue weighted by atomic mass is 10.1. The first-order chi connectivity index (χ1) is 6.83. The van der Waals surface area contributed by atoms with Crippen molar-refractivity contribution in [3.05, 3.63) is 36.0 Å². The Hall–Kier alpha value is -1.32. The van der Waals surface area contributed by atoms with Crippen LogP contribution in [0.15, 0.2) is 30.5 Å². The Bertz CT molecular complexity index is 464. The van der Waals surface area contributed by atoms with E-state index in [0.29, 0.717) is 5.56 Å². The van der Waals surface area contributed by atoms with E-state index in [1.807, 2.05) is 24.3 Å². The van der Waals surface area contributed by atoms with E-state index in [2.05, 4.69) is 9.82 Å². The van der Waals surface area contributed by atoms with Gasteiger partial charge in [-0.25, -0.2) is 4.84 Å². The van der Waals surface area contributed by atoms with E-state index in [0.717, 1.165) is 10.9 Å². The molecule has 1 aromatic heterocycles. The van der Waals surface area contributed by atoms with Crippen LogP contribution < -0.4 is 4.84 Å². The van der Waals surface area contributed by atoms with Gasteiger partial charge in [-0.2, -0.15) is 0 Å². The molecule has 0 fully saturated rings. The molecule has 0 aliphatic carbocycles. The quantitative estimate of drug-likeness (QED) is 0.599. The van der Waals surface area contributed by atoms with Crippen molar-refractivity contribution in [2.24, 2.45) is 0 Å². The largest absolute Gasteiger partial charge is 0.360 e. The minimum Gasteiger partial charge on any atom is -0.360 e. The molecule has 0 amide bonds. The Morgan fingerprint density at radius 2 is 2.21 bits per heavy atom. The molecule has 2 aromatic rings. The van der Waals surface area contributed by atoms with Gasteiger partial charge < -0.3 is 4.98 Å². The van der Waals surface area contributed by atoms with Crippen LogP contribution in [0.1, 0.15) is 10.4 Å². The highest BCUT2D eigenvalue weighted by Crippen LogP contribution is 2.17. The van der Waals surface area contributed by atoms with E-state index in [9.17, 15) is 4.79 Å². The summed E-state index contributed by atoms with van der Waals surface area (Å²) < 4.78 is 0. The summed E-state index contributed by atoms with van der Waals surface area (Å²) in [4.78, 5) is 16.9. The monoisotopic (exact) mass is 208 g/mol. The first-order valence-corrected chi connectivity index (χ1v) is 4.63. The third-order valence-corrected chi connectivity index (χ3v) is 2.25. The highest BCUT2D eigenvalue weighted by molar-refractivity contribution is 6.16. The number of para-hydroxylation sites is 1. The molecule has 0 radical (unpaired) electrons. The molecule has 0 unspecified atom stereocenters. The number of rotatable bonds is 3. The summed E-state index contributed by atoms with van der Waals surface area (Å²) in [5, 5.41) is 0.935. The van der Waals surface area contributed by atoms with Crippen molar-refractivity contribution < 1.29 is 4.79 Å². The summed E-state index contributed by atoms with van der Waals surface area (Å²) >= 11 is 5.28. The van der Waals surface area contributed by atoms with Crippen molar-refractivity contribution in [3.63, 3.8) is 0 Å². The number of halogens is 1. The lowest BCUT2D eigenvalue weighted by molar-refractivity contribution is 0.0999. The molecule has 0 atom stereocenters. The molecular formula is C10H9ClN2O. The first-order valence-electron chi connectivity index (χ1n) is 4.25. The van der Waals surface area contributed by atoms with Crippen molar-refractivity contribution >= 4 is 28.5 Å². The number of H-pyrrole nitrogens is 1. The van der Waals surface area contributed by atoms with Crippen LogP contribution in [0.2, 0.25) is 0 Å². The molecule has 1 heterocycles. The van der Waals surface area contributed by atoms with Crippen molar-refractivity contribution in [1.82, 2.24) is 9.82 Å². The number of aromatic amines is 1. The molecule has 0 aliphatic rings. The van der Waals surface area contributed by atoms with E-state index in [4.69, 9.17) is 11.8 Å². The second-order valence-corrected chi connectivity index (χ2v) is 3.25. The molecule has 0 bridgehead atoms. The Morgan fingerprint density at radius 1 is 1.43 bits per heavy atom. The maximum absolute atomic E-state index is 11.6. The Labute approximate surface area is 86.2 Å². The molecule has 2 rings (SSSR count). The van der Waals surface area contributed by atoms with Crippen molar-refractivity contribution in [3.8, 4) is 0 Å². The smallest absolute Gasteiger partial charge is 0.180 e. The van der Waals surface area contributed by atoms with Crippen molar-refractivity contribution in [2.45, 2.75) is 0 Å². The minimum atomic E-state index is -0.0162. The molecule has 0 aliphatic heterocycles. The maximum atomic E-state index is 11.6. The number of ketones is 1. The fourth-order valence-electron chi connectivity index (χ4n) is 1.46. The van der Waals surface area contributed by atoms with Gasteiger partial charge in [0, 0.05) is 22.7 Å². The molecule has 2 N–H and O–H groups in total. The van der Waals surface area contributed by atoms with Crippen LogP contribution in [0.25, 0.3) is 10.9 Å². The number of hydrogen-bond acceptors (Lipinski definition) is 2. The predicted octanol–water partition coefficient (Wildman–Crippen LogP) is 2.09. The van der Waals surface area contributed by atoms with E-state index in [1.165, 1.54) is 0 Å². The average molecular weight is 209 g/mol.